The predicted octanol–water partition coefficient (Wildman–Crippen LogP) is 12.4. The highest BCUT2D eigenvalue weighted by Gasteiger charge is 2.27. The number of benzene rings is 6. The molecule has 2 N–H and O–H groups in total. The Balaban J connectivity index is 1.19. The second-order valence-electron chi connectivity index (χ2n) is 12.7. The van der Waals surface area contributed by atoms with Crippen LogP contribution in [0, 0.1) is 0 Å². The second kappa shape index (κ2) is 12.0. The quantitative estimate of drug-likeness (QED) is 0.190. The van der Waals surface area contributed by atoms with Crippen LogP contribution in [0.5, 0.6) is 0 Å². The van der Waals surface area contributed by atoms with Gasteiger partial charge in [-0.1, -0.05) is 128 Å². The van der Waals surface area contributed by atoms with Crippen molar-refractivity contribution in [2.75, 3.05) is 10.6 Å². The van der Waals surface area contributed by atoms with Crippen molar-refractivity contribution in [1.29, 1.82) is 0 Å². The van der Waals surface area contributed by atoms with E-state index in [2.05, 4.69) is 180 Å². The molecule has 0 bridgehead atoms. The molecule has 9 rings (SSSR count). The fourth-order valence-electron chi connectivity index (χ4n) is 7.38. The summed E-state index contributed by atoms with van der Waals surface area (Å²) in [6.07, 6.45) is 5.72. The lowest BCUT2D eigenvalue weighted by Crippen LogP contribution is -2.07. The Morgan fingerprint density at radius 3 is 2.25 bits per heavy atom. The molecule has 48 heavy (non-hydrogen) atoms. The van der Waals surface area contributed by atoms with Gasteiger partial charge in [-0.2, -0.15) is 0 Å². The molecule has 0 spiro atoms. The first kappa shape index (κ1) is 28.7. The molecule has 0 amide bonds. The minimum Gasteiger partial charge on any atom is -0.368 e. The van der Waals surface area contributed by atoms with Crippen LogP contribution in [0.3, 0.4) is 0 Å². The van der Waals surface area contributed by atoms with Crippen molar-refractivity contribution >= 4 is 45.8 Å². The van der Waals surface area contributed by atoms with Crippen LogP contribution in [0.4, 0.5) is 17.1 Å². The van der Waals surface area contributed by atoms with Gasteiger partial charge in [-0.05, 0) is 77.2 Å². The molecule has 0 radical (unpaired) electrons. The number of rotatable bonds is 6. The van der Waals surface area contributed by atoms with Gasteiger partial charge < -0.3 is 15.2 Å². The summed E-state index contributed by atoms with van der Waals surface area (Å²) >= 11 is 1.89. The van der Waals surface area contributed by atoms with Crippen LogP contribution < -0.4 is 10.6 Å². The van der Waals surface area contributed by atoms with E-state index in [1.807, 2.05) is 11.8 Å². The van der Waals surface area contributed by atoms with Crippen molar-refractivity contribution in [2.24, 2.45) is 0 Å². The number of nitrogens with zero attached hydrogens (tertiary/aromatic N) is 1. The van der Waals surface area contributed by atoms with Gasteiger partial charge in [0.25, 0.3) is 0 Å². The smallest absolute Gasteiger partial charge is 0.103 e. The molecule has 0 saturated carbocycles. The van der Waals surface area contributed by atoms with E-state index in [4.69, 9.17) is 0 Å². The molecule has 1 aliphatic heterocycles. The Morgan fingerprint density at radius 2 is 1.44 bits per heavy atom. The van der Waals surface area contributed by atoms with Gasteiger partial charge in [0.2, 0.25) is 0 Å². The maximum atomic E-state index is 3.76. The average molecular weight is 638 g/mol. The SMILES string of the molecule is CC1CC=Cc2c1n(-c1cccc(-c3ccc4c(c3)NC(c3ccccc3)S4)c1)c1ccc(Nc3ccccc3)c(-c3ccccc3)c21. The Hall–Kier alpha value is -5.45. The Kier molecular flexibility index (Phi) is 7.17. The minimum atomic E-state index is 0.232. The predicted molar refractivity (Wildman–Crippen MR) is 205 cm³/mol. The molecule has 232 valence electrons. The number of thioether (sulfide) groups is 1. The van der Waals surface area contributed by atoms with Crippen molar-refractivity contribution in [3.8, 4) is 27.9 Å². The number of para-hydroxylation sites is 1. The van der Waals surface area contributed by atoms with Crippen LogP contribution in [0.25, 0.3) is 44.9 Å². The minimum absolute atomic E-state index is 0.232. The molecule has 1 aromatic heterocycles. The van der Waals surface area contributed by atoms with E-state index in [-0.39, 0.29) is 5.37 Å². The highest BCUT2D eigenvalue weighted by atomic mass is 32.2. The Morgan fingerprint density at radius 1 is 0.708 bits per heavy atom. The summed E-state index contributed by atoms with van der Waals surface area (Å²) in [5.74, 6) is 0.381. The zero-order chi connectivity index (χ0) is 32.0. The molecule has 3 nitrogen and oxygen atoms in total. The first-order valence-corrected chi connectivity index (χ1v) is 17.6. The van der Waals surface area contributed by atoms with E-state index in [1.54, 1.807) is 0 Å². The number of anilines is 3. The summed E-state index contributed by atoms with van der Waals surface area (Å²) in [6, 6.07) is 52.5. The summed E-state index contributed by atoms with van der Waals surface area (Å²) < 4.78 is 2.52. The molecule has 4 heteroatoms. The summed E-state index contributed by atoms with van der Waals surface area (Å²) in [5.41, 5.74) is 14.7. The molecule has 7 aromatic rings. The molecular formula is C44H35N3S. The maximum Gasteiger partial charge on any atom is 0.103 e. The molecular weight excluding hydrogens is 603 g/mol. The summed E-state index contributed by atoms with van der Waals surface area (Å²) in [5, 5.41) is 9.04. The molecule has 2 aliphatic rings. The van der Waals surface area contributed by atoms with Gasteiger partial charge in [-0.25, -0.2) is 0 Å². The van der Waals surface area contributed by atoms with E-state index < -0.39 is 0 Å². The molecule has 0 fully saturated rings. The van der Waals surface area contributed by atoms with Crippen LogP contribution >= 0.6 is 11.8 Å². The van der Waals surface area contributed by atoms with E-state index in [9.17, 15) is 0 Å². The molecule has 2 heterocycles. The largest absolute Gasteiger partial charge is 0.368 e. The van der Waals surface area contributed by atoms with E-state index in [0.29, 0.717) is 5.92 Å². The van der Waals surface area contributed by atoms with Crippen molar-refractivity contribution < 1.29 is 0 Å². The maximum absolute atomic E-state index is 3.76. The summed E-state index contributed by atoms with van der Waals surface area (Å²) in [4.78, 5) is 1.29. The van der Waals surface area contributed by atoms with E-state index >= 15 is 0 Å². The van der Waals surface area contributed by atoms with Gasteiger partial charge in [0, 0.05) is 55.8 Å². The van der Waals surface area contributed by atoms with Gasteiger partial charge in [0.1, 0.15) is 5.37 Å². The third-order valence-electron chi connectivity index (χ3n) is 9.62. The average Bonchev–Trinajstić information content (AvgIpc) is 3.73. The van der Waals surface area contributed by atoms with Crippen molar-refractivity contribution in [2.45, 2.75) is 29.5 Å². The van der Waals surface area contributed by atoms with Crippen molar-refractivity contribution in [3.05, 3.63) is 168 Å². The standard InChI is InChI=1S/C44H35N3S/c1-29-13-11-22-36-42-39(25-24-37(45-34-19-9-4-10-20-34)41(42)30-14-5-2-6-15-30)47(43(29)36)35-21-12-18-32(27-35)33-23-26-40-38(28-33)46-44(48-40)31-16-7-3-8-17-31/h2-12,14-29,44-46H,13H2,1H3. The van der Waals surface area contributed by atoms with Crippen molar-refractivity contribution in [3.63, 3.8) is 0 Å². The first-order chi connectivity index (χ1) is 23.7. The van der Waals surface area contributed by atoms with Crippen LogP contribution in [-0.2, 0) is 0 Å². The molecule has 2 unspecified atom stereocenters. The number of allylic oxidation sites excluding steroid dienone is 1. The number of nitrogens with one attached hydrogen (secondary N) is 2. The normalized spacial score (nSPS) is 16.4. The van der Waals surface area contributed by atoms with Gasteiger partial charge in [-0.15, -0.1) is 0 Å². The third kappa shape index (κ3) is 5.01. The molecule has 6 aromatic carbocycles. The summed E-state index contributed by atoms with van der Waals surface area (Å²) in [7, 11) is 0. The fourth-order valence-corrected chi connectivity index (χ4v) is 8.50. The first-order valence-electron chi connectivity index (χ1n) is 16.7. The van der Waals surface area contributed by atoms with Gasteiger partial charge in [0.15, 0.2) is 0 Å². The monoisotopic (exact) mass is 637 g/mol. The van der Waals surface area contributed by atoms with Gasteiger partial charge in [-0.3, -0.25) is 0 Å². The zero-order valence-corrected chi connectivity index (χ0v) is 27.5. The number of aromatic nitrogens is 1. The number of fused-ring (bicyclic) bond motifs is 4. The van der Waals surface area contributed by atoms with Gasteiger partial charge in [0.05, 0.1) is 5.52 Å². The highest BCUT2D eigenvalue weighted by Crippen LogP contribution is 2.49. The lowest BCUT2D eigenvalue weighted by atomic mass is 9.90. The number of hydrogen-bond acceptors (Lipinski definition) is 3. The van der Waals surface area contributed by atoms with Crippen LogP contribution in [0.2, 0.25) is 0 Å². The van der Waals surface area contributed by atoms with Crippen LogP contribution in [0.1, 0.15) is 41.5 Å². The molecule has 1 aliphatic carbocycles. The second-order valence-corrected chi connectivity index (χ2v) is 13.9. The summed E-state index contributed by atoms with van der Waals surface area (Å²) in [6.45, 7) is 2.36. The van der Waals surface area contributed by atoms with Crippen molar-refractivity contribution in [1.82, 2.24) is 4.57 Å². The zero-order valence-electron chi connectivity index (χ0n) is 26.7. The van der Waals surface area contributed by atoms with Crippen LogP contribution in [0.15, 0.2) is 157 Å². The Bertz CT molecular complexity index is 2310. The lowest BCUT2D eigenvalue weighted by molar-refractivity contribution is 0.723. The molecule has 2 atom stereocenters. The van der Waals surface area contributed by atoms with Gasteiger partial charge >= 0.3 is 0 Å². The number of hydrogen-bond donors (Lipinski definition) is 2. The molecule has 0 saturated heterocycles. The van der Waals surface area contributed by atoms with E-state index in [1.165, 1.54) is 66.2 Å². The highest BCUT2D eigenvalue weighted by molar-refractivity contribution is 8.00. The van der Waals surface area contributed by atoms with Crippen LogP contribution in [-0.4, -0.2) is 4.57 Å². The lowest BCUT2D eigenvalue weighted by Gasteiger charge is -2.20. The fraction of sp³-hybridized carbons (Fsp3) is 0.0909. The Labute approximate surface area is 286 Å². The van der Waals surface area contributed by atoms with E-state index in [0.717, 1.165) is 17.8 Å². The third-order valence-corrected chi connectivity index (χ3v) is 10.9. The topological polar surface area (TPSA) is 29.0 Å².